The van der Waals surface area contributed by atoms with Crippen molar-refractivity contribution < 1.29 is 8.42 Å². The Hall–Kier alpha value is 0.380. The Balaban J connectivity index is 2.45. The zero-order chi connectivity index (χ0) is 12.0. The highest BCUT2D eigenvalue weighted by Gasteiger charge is 2.17. The second-order valence-corrected chi connectivity index (χ2v) is 7.31. The molecule has 7 heteroatoms. The molecule has 0 saturated carbocycles. The Bertz CT molecular complexity index is 419. The Morgan fingerprint density at radius 2 is 2.12 bits per heavy atom. The van der Waals surface area contributed by atoms with E-state index in [-0.39, 0.29) is 0 Å². The van der Waals surface area contributed by atoms with Gasteiger partial charge in [0, 0.05) is 16.9 Å². The smallest absolute Gasteiger partial charge is 0.210 e. The molecule has 1 rings (SSSR count). The summed E-state index contributed by atoms with van der Waals surface area (Å²) >= 11 is 9.95. The summed E-state index contributed by atoms with van der Waals surface area (Å²) < 4.78 is 27.1. The fourth-order valence-corrected chi connectivity index (χ4v) is 4.78. The van der Waals surface area contributed by atoms with Gasteiger partial charge in [-0.1, -0.05) is 6.42 Å². The molecule has 0 unspecified atom stereocenters. The van der Waals surface area contributed by atoms with E-state index in [0.29, 0.717) is 21.1 Å². The van der Waals surface area contributed by atoms with Gasteiger partial charge in [0.25, 0.3) is 10.0 Å². The van der Waals surface area contributed by atoms with E-state index < -0.39 is 10.0 Å². The fraction of sp³-hybridized carbons (Fsp3) is 0.556. The van der Waals surface area contributed by atoms with Crippen molar-refractivity contribution in [1.82, 2.24) is 4.72 Å². The molecule has 1 aromatic heterocycles. The van der Waals surface area contributed by atoms with E-state index in [2.05, 4.69) is 20.7 Å². The van der Waals surface area contributed by atoms with Gasteiger partial charge < -0.3 is 0 Å². The quantitative estimate of drug-likeness (QED) is 0.609. The molecule has 0 atom stereocenters. The van der Waals surface area contributed by atoms with Crippen molar-refractivity contribution in [3.05, 3.63) is 15.9 Å². The Labute approximate surface area is 113 Å². The molecule has 0 aliphatic carbocycles. The van der Waals surface area contributed by atoms with E-state index in [4.69, 9.17) is 11.6 Å². The topological polar surface area (TPSA) is 46.2 Å². The average Bonchev–Trinajstić information content (AvgIpc) is 2.65. The highest BCUT2D eigenvalue weighted by Crippen LogP contribution is 2.27. The molecule has 92 valence electrons. The van der Waals surface area contributed by atoms with Gasteiger partial charge in [-0.25, -0.2) is 13.1 Å². The number of unbranched alkanes of at least 4 members (excludes halogenated alkanes) is 2. The molecule has 0 saturated heterocycles. The third-order valence-corrected chi connectivity index (χ3v) is 6.33. The first-order chi connectivity index (χ1) is 7.58. The number of halogens is 2. The number of hydrogen-bond donors (Lipinski definition) is 1. The summed E-state index contributed by atoms with van der Waals surface area (Å²) in [6.45, 7) is 0.462. The predicted octanol–water partition coefficient (Wildman–Crippen LogP) is 3.20. The molecule has 16 heavy (non-hydrogen) atoms. The summed E-state index contributed by atoms with van der Waals surface area (Å²) in [7, 11) is -3.35. The minimum absolute atomic E-state index is 0.338. The minimum atomic E-state index is -3.35. The Morgan fingerprint density at radius 3 is 2.69 bits per heavy atom. The van der Waals surface area contributed by atoms with Crippen LogP contribution in [-0.4, -0.2) is 20.8 Å². The highest BCUT2D eigenvalue weighted by atomic mass is 79.9. The number of alkyl halides is 1. The lowest BCUT2D eigenvalue weighted by molar-refractivity contribution is 0.578. The largest absolute Gasteiger partial charge is 0.251 e. The third kappa shape index (κ3) is 4.33. The maximum Gasteiger partial charge on any atom is 0.251 e. The molecule has 0 radical (unpaired) electrons. The SMILES string of the molecule is O=S(=O)(NCCCCCCl)c1sccc1Br. The van der Waals surface area contributed by atoms with Crippen molar-refractivity contribution in [1.29, 1.82) is 0 Å². The lowest BCUT2D eigenvalue weighted by Gasteiger charge is -2.04. The van der Waals surface area contributed by atoms with Crippen LogP contribution in [0.1, 0.15) is 19.3 Å². The summed E-state index contributed by atoms with van der Waals surface area (Å²) in [5.41, 5.74) is 0. The summed E-state index contributed by atoms with van der Waals surface area (Å²) in [4.78, 5) is 0. The van der Waals surface area contributed by atoms with Crippen LogP contribution in [0.2, 0.25) is 0 Å². The van der Waals surface area contributed by atoms with Gasteiger partial charge in [0.15, 0.2) is 0 Å². The van der Waals surface area contributed by atoms with Crippen molar-refractivity contribution in [2.75, 3.05) is 12.4 Å². The molecule has 0 aliphatic heterocycles. The van der Waals surface area contributed by atoms with Crippen LogP contribution < -0.4 is 4.72 Å². The summed E-state index contributed by atoms with van der Waals surface area (Å²) in [5.74, 6) is 0.628. The van der Waals surface area contributed by atoms with Crippen LogP contribution in [0.25, 0.3) is 0 Å². The van der Waals surface area contributed by atoms with E-state index >= 15 is 0 Å². The first-order valence-electron chi connectivity index (χ1n) is 4.86. The van der Waals surface area contributed by atoms with E-state index in [1.807, 2.05) is 0 Å². The van der Waals surface area contributed by atoms with Crippen LogP contribution in [0.15, 0.2) is 20.1 Å². The van der Waals surface area contributed by atoms with E-state index in [1.54, 1.807) is 11.4 Å². The maximum atomic E-state index is 11.8. The zero-order valence-electron chi connectivity index (χ0n) is 8.58. The fourth-order valence-electron chi connectivity index (χ4n) is 1.14. The van der Waals surface area contributed by atoms with Crippen LogP contribution in [0.3, 0.4) is 0 Å². The van der Waals surface area contributed by atoms with E-state index in [1.165, 1.54) is 11.3 Å². The van der Waals surface area contributed by atoms with Gasteiger partial charge in [-0.2, -0.15) is 0 Å². The molecule has 1 aromatic rings. The molecule has 3 nitrogen and oxygen atoms in total. The van der Waals surface area contributed by atoms with Gasteiger partial charge in [-0.05, 0) is 40.2 Å². The number of sulfonamides is 1. The molecule has 1 N–H and O–H groups in total. The zero-order valence-corrected chi connectivity index (χ0v) is 12.6. The van der Waals surface area contributed by atoms with Gasteiger partial charge in [0.1, 0.15) is 4.21 Å². The second kappa shape index (κ2) is 6.96. The highest BCUT2D eigenvalue weighted by molar-refractivity contribution is 9.10. The molecular weight excluding hydrogens is 334 g/mol. The van der Waals surface area contributed by atoms with E-state index in [0.717, 1.165) is 19.3 Å². The van der Waals surface area contributed by atoms with Crippen molar-refractivity contribution in [2.24, 2.45) is 0 Å². The number of thiophene rings is 1. The Kier molecular flexibility index (Phi) is 6.28. The molecule has 1 heterocycles. The summed E-state index contributed by atoms with van der Waals surface area (Å²) in [6, 6.07) is 1.73. The number of nitrogens with one attached hydrogen (secondary N) is 1. The van der Waals surface area contributed by atoms with Crippen molar-refractivity contribution >= 4 is 48.9 Å². The van der Waals surface area contributed by atoms with Crippen LogP contribution in [0.5, 0.6) is 0 Å². The van der Waals surface area contributed by atoms with Crippen LogP contribution in [0, 0.1) is 0 Å². The standard InChI is InChI=1S/C9H13BrClNO2S2/c10-8-4-7-15-9(8)16(13,14)12-6-3-1-2-5-11/h4,7,12H,1-3,5-6H2. The monoisotopic (exact) mass is 345 g/mol. The van der Waals surface area contributed by atoms with Gasteiger partial charge in [-0.15, -0.1) is 22.9 Å². The van der Waals surface area contributed by atoms with Crippen LogP contribution in [-0.2, 0) is 10.0 Å². The molecule has 0 aliphatic rings. The van der Waals surface area contributed by atoms with Crippen molar-refractivity contribution in [3.63, 3.8) is 0 Å². The van der Waals surface area contributed by atoms with Gasteiger partial charge in [0.2, 0.25) is 0 Å². The average molecular weight is 347 g/mol. The molecule has 0 amide bonds. The van der Waals surface area contributed by atoms with Crippen molar-refractivity contribution in [3.8, 4) is 0 Å². The van der Waals surface area contributed by atoms with E-state index in [9.17, 15) is 8.42 Å². The molecule has 0 spiro atoms. The number of hydrogen-bond acceptors (Lipinski definition) is 3. The van der Waals surface area contributed by atoms with Crippen LogP contribution in [0.4, 0.5) is 0 Å². The number of rotatable bonds is 7. The minimum Gasteiger partial charge on any atom is -0.210 e. The van der Waals surface area contributed by atoms with Gasteiger partial charge >= 0.3 is 0 Å². The maximum absolute atomic E-state index is 11.8. The third-order valence-electron chi connectivity index (χ3n) is 1.93. The summed E-state index contributed by atoms with van der Waals surface area (Å²) in [6.07, 6.45) is 2.68. The molecule has 0 bridgehead atoms. The first kappa shape index (κ1) is 14.4. The van der Waals surface area contributed by atoms with Crippen LogP contribution >= 0.6 is 38.9 Å². The lowest BCUT2D eigenvalue weighted by atomic mass is 10.2. The first-order valence-corrected chi connectivity index (χ1v) is 8.55. The Morgan fingerprint density at radius 1 is 1.38 bits per heavy atom. The predicted molar refractivity (Wildman–Crippen MR) is 71.8 cm³/mol. The normalized spacial score (nSPS) is 11.9. The lowest BCUT2D eigenvalue weighted by Crippen LogP contribution is -2.24. The second-order valence-electron chi connectivity index (χ2n) is 3.20. The molecule has 0 fully saturated rings. The van der Waals surface area contributed by atoms with Gasteiger partial charge in [-0.3, -0.25) is 0 Å². The molecular formula is C9H13BrClNO2S2. The van der Waals surface area contributed by atoms with Gasteiger partial charge in [0.05, 0.1) is 0 Å². The van der Waals surface area contributed by atoms with Crippen molar-refractivity contribution in [2.45, 2.75) is 23.5 Å². The summed E-state index contributed by atoms with van der Waals surface area (Å²) in [5, 5.41) is 1.74. The molecule has 0 aromatic carbocycles.